The van der Waals surface area contributed by atoms with Gasteiger partial charge >= 0.3 is 6.03 Å². The Balaban J connectivity index is 1.25. The molecule has 2 saturated heterocycles. The molecule has 0 aromatic heterocycles. The van der Waals surface area contributed by atoms with Crippen LogP contribution in [0, 0.1) is 0 Å². The molecule has 7 heteroatoms. The minimum absolute atomic E-state index is 0.0402. The van der Waals surface area contributed by atoms with Crippen molar-refractivity contribution >= 4 is 23.7 Å². The van der Waals surface area contributed by atoms with E-state index in [4.69, 9.17) is 4.74 Å². The van der Waals surface area contributed by atoms with E-state index in [1.165, 1.54) is 5.56 Å². The van der Waals surface area contributed by atoms with Gasteiger partial charge in [-0.15, -0.1) is 0 Å². The lowest BCUT2D eigenvalue weighted by atomic mass is 10.0. The second kappa shape index (κ2) is 9.16. The lowest BCUT2D eigenvalue weighted by molar-refractivity contribution is -0.121. The largest absolute Gasteiger partial charge is 0.497 e. The molecule has 0 unspecified atom stereocenters. The molecule has 2 heterocycles. The van der Waals surface area contributed by atoms with Crippen LogP contribution in [-0.4, -0.2) is 48.7 Å². The Morgan fingerprint density at radius 2 is 2.08 bits per heavy atom. The number of thioether (sulfide) groups is 1. The SMILES string of the molecule is COc1ccc(CCNC(=O)CCCC[C@H]2SC[C@@H]3NC(=O)N[C@H]32)cc1. The summed E-state index contributed by atoms with van der Waals surface area (Å²) >= 11 is 1.92. The first kappa shape index (κ1) is 18.9. The maximum absolute atomic E-state index is 12.0. The van der Waals surface area contributed by atoms with Crippen molar-refractivity contribution in [2.45, 2.75) is 49.4 Å². The molecule has 2 aliphatic heterocycles. The fraction of sp³-hybridized carbons (Fsp3) is 0.579. The molecule has 0 saturated carbocycles. The van der Waals surface area contributed by atoms with Crippen molar-refractivity contribution in [3.8, 4) is 5.75 Å². The van der Waals surface area contributed by atoms with Crippen molar-refractivity contribution in [1.29, 1.82) is 0 Å². The number of hydrogen-bond donors (Lipinski definition) is 3. The summed E-state index contributed by atoms with van der Waals surface area (Å²) in [6.45, 7) is 0.658. The lowest BCUT2D eigenvalue weighted by Gasteiger charge is -2.16. The number of unbranched alkanes of at least 4 members (excludes halogenated alkanes) is 1. The monoisotopic (exact) mass is 377 g/mol. The van der Waals surface area contributed by atoms with Crippen molar-refractivity contribution < 1.29 is 14.3 Å². The Labute approximate surface area is 158 Å². The van der Waals surface area contributed by atoms with Gasteiger partial charge in [0.2, 0.25) is 5.91 Å². The van der Waals surface area contributed by atoms with Gasteiger partial charge in [0.1, 0.15) is 5.75 Å². The number of carbonyl (C=O) groups is 2. The minimum Gasteiger partial charge on any atom is -0.497 e. The summed E-state index contributed by atoms with van der Waals surface area (Å²) in [6, 6.07) is 8.41. The van der Waals surface area contributed by atoms with Gasteiger partial charge in [0.15, 0.2) is 0 Å². The van der Waals surface area contributed by atoms with E-state index in [1.807, 2.05) is 36.0 Å². The third-order valence-electron chi connectivity index (χ3n) is 4.98. The van der Waals surface area contributed by atoms with Crippen LogP contribution >= 0.6 is 11.8 Å². The van der Waals surface area contributed by atoms with E-state index >= 15 is 0 Å². The summed E-state index contributed by atoms with van der Waals surface area (Å²) in [4.78, 5) is 23.3. The molecule has 0 bridgehead atoms. The van der Waals surface area contributed by atoms with Crippen molar-refractivity contribution in [1.82, 2.24) is 16.0 Å². The average Bonchev–Trinajstić information content (AvgIpc) is 3.19. The Morgan fingerprint density at radius 3 is 2.85 bits per heavy atom. The number of amides is 3. The summed E-state index contributed by atoms with van der Waals surface area (Å²) in [6.07, 6.45) is 4.35. The summed E-state index contributed by atoms with van der Waals surface area (Å²) in [7, 11) is 1.65. The Kier molecular flexibility index (Phi) is 6.66. The number of carbonyl (C=O) groups excluding carboxylic acids is 2. The van der Waals surface area contributed by atoms with Gasteiger partial charge in [0, 0.05) is 24.0 Å². The molecule has 6 nitrogen and oxygen atoms in total. The highest BCUT2D eigenvalue weighted by Crippen LogP contribution is 2.33. The van der Waals surface area contributed by atoms with Gasteiger partial charge < -0.3 is 20.7 Å². The normalized spacial score (nSPS) is 23.9. The Morgan fingerprint density at radius 1 is 1.27 bits per heavy atom. The van der Waals surface area contributed by atoms with Crippen LogP contribution in [-0.2, 0) is 11.2 Å². The van der Waals surface area contributed by atoms with Gasteiger partial charge in [0.05, 0.1) is 19.2 Å². The molecule has 0 aliphatic carbocycles. The zero-order valence-electron chi connectivity index (χ0n) is 15.1. The number of urea groups is 1. The van der Waals surface area contributed by atoms with Crippen molar-refractivity contribution in [2.75, 3.05) is 19.4 Å². The maximum atomic E-state index is 12.0. The van der Waals surface area contributed by atoms with E-state index in [9.17, 15) is 9.59 Å². The fourth-order valence-corrected chi connectivity index (χ4v) is 5.04. The van der Waals surface area contributed by atoms with Crippen LogP contribution in [0.5, 0.6) is 5.75 Å². The van der Waals surface area contributed by atoms with Crippen molar-refractivity contribution in [3.63, 3.8) is 0 Å². The highest BCUT2D eigenvalue weighted by atomic mass is 32.2. The first-order valence-corrected chi connectivity index (χ1v) is 10.3. The summed E-state index contributed by atoms with van der Waals surface area (Å²) in [5.74, 6) is 1.95. The number of fused-ring (bicyclic) bond motifs is 1. The predicted octanol–water partition coefficient (Wildman–Crippen LogP) is 2.08. The predicted molar refractivity (Wildman–Crippen MR) is 104 cm³/mol. The number of rotatable bonds is 9. The first-order chi connectivity index (χ1) is 12.7. The third-order valence-corrected chi connectivity index (χ3v) is 6.48. The molecule has 142 valence electrons. The smallest absolute Gasteiger partial charge is 0.315 e. The number of nitrogens with one attached hydrogen (secondary N) is 3. The molecular weight excluding hydrogens is 350 g/mol. The summed E-state index contributed by atoms with van der Waals surface area (Å²) in [5.41, 5.74) is 1.19. The molecule has 26 heavy (non-hydrogen) atoms. The lowest BCUT2D eigenvalue weighted by Crippen LogP contribution is -2.36. The molecule has 3 amide bonds. The van der Waals surface area contributed by atoms with Crippen LogP contribution in [0.25, 0.3) is 0 Å². The second-order valence-corrected chi connectivity index (χ2v) is 8.09. The standard InChI is InChI=1S/C19H27N3O3S/c1-25-14-8-6-13(7-9-14)10-11-20-17(23)5-3-2-4-16-18-15(12-26-16)21-19(24)22-18/h6-9,15-16,18H,2-5,10-12H2,1H3,(H,20,23)(H2,21,22,24)/t15-,16+,18+/m0/s1. The minimum atomic E-state index is -0.0402. The molecule has 2 aliphatic rings. The highest BCUT2D eigenvalue weighted by molar-refractivity contribution is 8.00. The van der Waals surface area contributed by atoms with Crippen LogP contribution in [0.1, 0.15) is 31.2 Å². The van der Waals surface area contributed by atoms with Gasteiger partial charge in [0.25, 0.3) is 0 Å². The number of hydrogen-bond acceptors (Lipinski definition) is 4. The topological polar surface area (TPSA) is 79.5 Å². The molecular formula is C19H27N3O3S. The third kappa shape index (κ3) is 5.06. The Hall–Kier alpha value is -1.89. The van der Waals surface area contributed by atoms with Gasteiger partial charge in [-0.25, -0.2) is 4.79 Å². The van der Waals surface area contributed by atoms with E-state index < -0.39 is 0 Å². The number of benzene rings is 1. The molecule has 3 rings (SSSR count). The zero-order valence-corrected chi connectivity index (χ0v) is 15.9. The van der Waals surface area contributed by atoms with Crippen molar-refractivity contribution in [2.24, 2.45) is 0 Å². The second-order valence-electron chi connectivity index (χ2n) is 6.82. The average molecular weight is 378 g/mol. The molecule has 0 radical (unpaired) electrons. The Bertz CT molecular complexity index is 623. The van der Waals surface area contributed by atoms with Gasteiger partial charge in [-0.05, 0) is 37.0 Å². The van der Waals surface area contributed by atoms with E-state index in [1.54, 1.807) is 7.11 Å². The molecule has 1 aromatic rings. The van der Waals surface area contributed by atoms with Gasteiger partial charge in [-0.1, -0.05) is 18.6 Å². The van der Waals surface area contributed by atoms with E-state index in [2.05, 4.69) is 16.0 Å². The van der Waals surface area contributed by atoms with Crippen LogP contribution < -0.4 is 20.7 Å². The van der Waals surface area contributed by atoms with Crippen LogP contribution in [0.3, 0.4) is 0 Å². The number of ether oxygens (including phenoxy) is 1. The molecule has 0 spiro atoms. The van der Waals surface area contributed by atoms with Gasteiger partial charge in [-0.2, -0.15) is 11.8 Å². The van der Waals surface area contributed by atoms with Crippen LogP contribution in [0.2, 0.25) is 0 Å². The maximum Gasteiger partial charge on any atom is 0.315 e. The molecule has 3 N–H and O–H groups in total. The first-order valence-electron chi connectivity index (χ1n) is 9.24. The van der Waals surface area contributed by atoms with Crippen LogP contribution in [0.15, 0.2) is 24.3 Å². The highest BCUT2D eigenvalue weighted by Gasteiger charge is 2.42. The van der Waals surface area contributed by atoms with Crippen LogP contribution in [0.4, 0.5) is 4.79 Å². The van der Waals surface area contributed by atoms with E-state index in [0.29, 0.717) is 18.2 Å². The quantitative estimate of drug-likeness (QED) is 0.455. The molecule has 2 fully saturated rings. The van der Waals surface area contributed by atoms with E-state index in [-0.39, 0.29) is 24.0 Å². The number of methoxy groups -OCH3 is 1. The molecule has 3 atom stereocenters. The van der Waals surface area contributed by atoms with Crippen molar-refractivity contribution in [3.05, 3.63) is 29.8 Å². The fourth-order valence-electron chi connectivity index (χ4n) is 3.50. The zero-order chi connectivity index (χ0) is 18.4. The van der Waals surface area contributed by atoms with E-state index in [0.717, 1.165) is 37.2 Å². The molecule has 1 aromatic carbocycles. The summed E-state index contributed by atoms with van der Waals surface area (Å²) < 4.78 is 5.14. The summed E-state index contributed by atoms with van der Waals surface area (Å²) in [5, 5.41) is 9.42. The van der Waals surface area contributed by atoms with Gasteiger partial charge in [-0.3, -0.25) is 4.79 Å².